The number of nitro groups is 1. The van der Waals surface area contributed by atoms with Crippen molar-refractivity contribution < 1.29 is 9.31 Å². The highest BCUT2D eigenvalue weighted by atomic mass is 19.1. The minimum absolute atomic E-state index is 0.278. The van der Waals surface area contributed by atoms with E-state index >= 15 is 0 Å². The minimum Gasteiger partial charge on any atom is -0.379 e. The van der Waals surface area contributed by atoms with Crippen molar-refractivity contribution in [3.05, 3.63) is 33.6 Å². The highest BCUT2D eigenvalue weighted by Crippen LogP contribution is 2.27. The van der Waals surface area contributed by atoms with Gasteiger partial charge in [-0.1, -0.05) is 0 Å². The third-order valence-corrected chi connectivity index (χ3v) is 2.06. The molecule has 0 aliphatic heterocycles. The number of nitrogens with one attached hydrogen (secondary N) is 1. The van der Waals surface area contributed by atoms with E-state index in [-0.39, 0.29) is 5.69 Å². The molecule has 0 unspecified atom stereocenters. The molecule has 1 aromatic carbocycles. The Morgan fingerprint density at radius 2 is 2.31 bits per heavy atom. The van der Waals surface area contributed by atoms with Crippen LogP contribution in [0.15, 0.2) is 12.1 Å². The predicted octanol–water partition coefficient (Wildman–Crippen LogP) is 2.48. The van der Waals surface area contributed by atoms with E-state index in [1.807, 2.05) is 0 Å². The highest BCUT2D eigenvalue weighted by molar-refractivity contribution is 5.63. The second kappa shape index (κ2) is 5.12. The summed E-state index contributed by atoms with van der Waals surface area (Å²) in [4.78, 5) is 10.1. The van der Waals surface area contributed by atoms with Crippen molar-refractivity contribution >= 4 is 11.4 Å². The molecule has 0 aliphatic rings. The van der Waals surface area contributed by atoms with Crippen LogP contribution in [0.25, 0.3) is 0 Å². The monoisotopic (exact) mass is 222 g/mol. The van der Waals surface area contributed by atoms with Crippen LogP contribution in [0.1, 0.15) is 12.0 Å². The van der Waals surface area contributed by atoms with Gasteiger partial charge in [0, 0.05) is 13.0 Å². The number of benzene rings is 1. The summed E-state index contributed by atoms with van der Waals surface area (Å²) in [6, 6.07) is 2.32. The quantitative estimate of drug-likeness (QED) is 0.368. The molecule has 0 saturated heterocycles. The molecule has 0 bridgehead atoms. The van der Waals surface area contributed by atoms with E-state index in [2.05, 4.69) is 11.2 Å². The largest absolute Gasteiger partial charge is 0.379 e. The number of anilines is 1. The molecule has 0 aromatic heterocycles. The summed E-state index contributed by atoms with van der Waals surface area (Å²) < 4.78 is 13.1. The molecule has 5 heteroatoms. The molecule has 0 spiro atoms. The van der Waals surface area contributed by atoms with Crippen LogP contribution in [0.2, 0.25) is 0 Å². The molecule has 0 aliphatic carbocycles. The average molecular weight is 222 g/mol. The fraction of sp³-hybridized carbons (Fsp3) is 0.273. The summed E-state index contributed by atoms with van der Waals surface area (Å²) in [5.41, 5.74) is 0.369. The Morgan fingerprint density at radius 3 is 2.88 bits per heavy atom. The SMILES string of the molecule is C#CCCNc1cc(C)c(F)cc1[N+](=O)[O-]. The number of nitrogens with zero attached hydrogens (tertiary/aromatic N) is 1. The molecule has 0 saturated carbocycles. The highest BCUT2D eigenvalue weighted by Gasteiger charge is 2.16. The van der Waals surface area contributed by atoms with Crippen molar-refractivity contribution in [1.82, 2.24) is 0 Å². The van der Waals surface area contributed by atoms with E-state index in [0.717, 1.165) is 6.07 Å². The first-order valence-corrected chi connectivity index (χ1v) is 4.68. The van der Waals surface area contributed by atoms with Gasteiger partial charge in [-0.25, -0.2) is 4.39 Å². The lowest BCUT2D eigenvalue weighted by atomic mass is 10.1. The van der Waals surface area contributed by atoms with Gasteiger partial charge in [-0.15, -0.1) is 12.3 Å². The predicted molar refractivity (Wildman–Crippen MR) is 59.7 cm³/mol. The Kier molecular flexibility index (Phi) is 3.84. The second-order valence-corrected chi connectivity index (χ2v) is 3.26. The van der Waals surface area contributed by atoms with E-state index in [1.54, 1.807) is 6.92 Å². The summed E-state index contributed by atoms with van der Waals surface area (Å²) in [5.74, 6) is 1.82. The maximum atomic E-state index is 13.1. The molecule has 84 valence electrons. The standard InChI is InChI=1S/C11H11FN2O2/c1-3-4-5-13-10-6-8(2)9(12)7-11(10)14(15)16/h1,6-7,13H,4-5H2,2H3. The van der Waals surface area contributed by atoms with Gasteiger partial charge in [0.25, 0.3) is 5.69 Å². The van der Waals surface area contributed by atoms with E-state index in [4.69, 9.17) is 6.42 Å². The maximum absolute atomic E-state index is 13.1. The van der Waals surface area contributed by atoms with Crippen molar-refractivity contribution in [2.45, 2.75) is 13.3 Å². The smallest absolute Gasteiger partial charge is 0.295 e. The summed E-state index contributed by atoms with van der Waals surface area (Å²) >= 11 is 0. The van der Waals surface area contributed by atoms with E-state index in [0.29, 0.717) is 24.2 Å². The van der Waals surface area contributed by atoms with Gasteiger partial charge >= 0.3 is 0 Å². The second-order valence-electron chi connectivity index (χ2n) is 3.26. The number of hydrogen-bond donors (Lipinski definition) is 1. The lowest BCUT2D eigenvalue weighted by Crippen LogP contribution is -2.04. The molecule has 1 rings (SSSR count). The van der Waals surface area contributed by atoms with Crippen LogP contribution in [-0.4, -0.2) is 11.5 Å². The molecule has 0 radical (unpaired) electrons. The van der Waals surface area contributed by atoms with Crippen LogP contribution in [-0.2, 0) is 0 Å². The van der Waals surface area contributed by atoms with Crippen molar-refractivity contribution in [2.75, 3.05) is 11.9 Å². The van der Waals surface area contributed by atoms with E-state index in [9.17, 15) is 14.5 Å². The summed E-state index contributed by atoms with van der Waals surface area (Å²) in [7, 11) is 0. The fourth-order valence-electron chi connectivity index (χ4n) is 1.23. The van der Waals surface area contributed by atoms with E-state index in [1.165, 1.54) is 6.07 Å². The van der Waals surface area contributed by atoms with Crippen LogP contribution in [0.4, 0.5) is 15.8 Å². The van der Waals surface area contributed by atoms with Crippen molar-refractivity contribution in [3.8, 4) is 12.3 Å². The van der Waals surface area contributed by atoms with Gasteiger partial charge in [-0.05, 0) is 18.6 Å². The molecule has 1 N–H and O–H groups in total. The first kappa shape index (κ1) is 12.0. The van der Waals surface area contributed by atoms with Gasteiger partial charge < -0.3 is 5.32 Å². The molecule has 16 heavy (non-hydrogen) atoms. The first-order chi connectivity index (χ1) is 7.56. The number of hydrogen-bond acceptors (Lipinski definition) is 3. The minimum atomic E-state index is -0.624. The topological polar surface area (TPSA) is 55.2 Å². The van der Waals surface area contributed by atoms with Crippen LogP contribution < -0.4 is 5.32 Å². The maximum Gasteiger partial charge on any atom is 0.295 e. The van der Waals surface area contributed by atoms with Crippen LogP contribution in [0.3, 0.4) is 0 Å². The zero-order chi connectivity index (χ0) is 12.1. The molecule has 1 aromatic rings. The molecule has 0 fully saturated rings. The van der Waals surface area contributed by atoms with Crippen molar-refractivity contribution in [2.24, 2.45) is 0 Å². The lowest BCUT2D eigenvalue weighted by molar-refractivity contribution is -0.384. The van der Waals surface area contributed by atoms with Crippen molar-refractivity contribution in [3.63, 3.8) is 0 Å². The van der Waals surface area contributed by atoms with Gasteiger partial charge in [-0.2, -0.15) is 0 Å². The van der Waals surface area contributed by atoms with Gasteiger partial charge in [-0.3, -0.25) is 10.1 Å². The van der Waals surface area contributed by atoms with Crippen LogP contribution in [0, 0.1) is 35.2 Å². The Balaban J connectivity index is 3.01. The fourth-order valence-corrected chi connectivity index (χ4v) is 1.23. The molecular formula is C11H11FN2O2. The van der Waals surface area contributed by atoms with Crippen molar-refractivity contribution in [1.29, 1.82) is 0 Å². The lowest BCUT2D eigenvalue weighted by Gasteiger charge is -2.07. The first-order valence-electron chi connectivity index (χ1n) is 4.68. The Morgan fingerprint density at radius 1 is 1.62 bits per heavy atom. The Labute approximate surface area is 92.6 Å². The van der Waals surface area contributed by atoms with Gasteiger partial charge in [0.15, 0.2) is 0 Å². The Hall–Kier alpha value is -2.09. The number of aryl methyl sites for hydroxylation is 1. The summed E-state index contributed by atoms with van der Waals surface area (Å²) in [6.07, 6.45) is 5.51. The molecule has 0 amide bonds. The third kappa shape index (κ3) is 2.70. The number of terminal acetylenes is 1. The van der Waals surface area contributed by atoms with Crippen LogP contribution in [0.5, 0.6) is 0 Å². The van der Waals surface area contributed by atoms with Crippen LogP contribution >= 0.6 is 0 Å². The molecular weight excluding hydrogens is 211 g/mol. The zero-order valence-corrected chi connectivity index (χ0v) is 8.79. The third-order valence-electron chi connectivity index (χ3n) is 2.06. The van der Waals surface area contributed by atoms with Gasteiger partial charge in [0.05, 0.1) is 11.0 Å². The molecule has 0 atom stereocenters. The molecule has 0 heterocycles. The van der Waals surface area contributed by atoms with Gasteiger partial charge in [0.1, 0.15) is 11.5 Å². The number of rotatable bonds is 4. The number of halogens is 1. The number of nitro benzene ring substituents is 1. The zero-order valence-electron chi connectivity index (χ0n) is 8.79. The van der Waals surface area contributed by atoms with Gasteiger partial charge in [0.2, 0.25) is 0 Å². The Bertz CT molecular complexity index is 452. The normalized spacial score (nSPS) is 9.56. The molecule has 4 nitrogen and oxygen atoms in total. The summed E-state index contributed by atoms with van der Waals surface area (Å²) in [5, 5.41) is 13.5. The average Bonchev–Trinajstić information content (AvgIpc) is 2.23. The summed E-state index contributed by atoms with van der Waals surface area (Å²) in [6.45, 7) is 1.97. The van der Waals surface area contributed by atoms with E-state index < -0.39 is 10.7 Å².